The molecule has 0 bridgehead atoms. The van der Waals surface area contributed by atoms with Crippen molar-refractivity contribution >= 4 is 11.0 Å². The average Bonchev–Trinajstić information content (AvgIpc) is 2.63. The lowest BCUT2D eigenvalue weighted by molar-refractivity contribution is 0.613. The van der Waals surface area contributed by atoms with E-state index in [0.29, 0.717) is 5.92 Å². The molecular weight excluding hydrogens is 162 g/mol. The summed E-state index contributed by atoms with van der Waals surface area (Å²) in [6.45, 7) is 4.40. The van der Waals surface area contributed by atoms with Gasteiger partial charge in [0.1, 0.15) is 0 Å². The van der Waals surface area contributed by atoms with Gasteiger partial charge in [-0.3, -0.25) is 4.98 Å². The van der Waals surface area contributed by atoms with Gasteiger partial charge in [-0.05, 0) is 24.0 Å². The number of pyridine rings is 1. The molecule has 0 N–H and O–H groups in total. The maximum Gasteiger partial charge on any atom is 0.152 e. The van der Waals surface area contributed by atoms with Gasteiger partial charge in [0.15, 0.2) is 5.58 Å². The highest BCUT2D eigenvalue weighted by atomic mass is 16.3. The lowest BCUT2D eigenvalue weighted by Gasteiger charge is -2.08. The Morgan fingerprint density at radius 1 is 1.46 bits per heavy atom. The second-order valence-corrected chi connectivity index (χ2v) is 3.37. The summed E-state index contributed by atoms with van der Waals surface area (Å²) >= 11 is 0. The van der Waals surface area contributed by atoms with Crippen LogP contribution in [0, 0.1) is 0 Å². The minimum atomic E-state index is 0.550. The Balaban J connectivity index is 2.60. The van der Waals surface area contributed by atoms with Gasteiger partial charge in [-0.1, -0.05) is 13.8 Å². The summed E-state index contributed by atoms with van der Waals surface area (Å²) in [5.74, 6) is 0.550. The van der Waals surface area contributed by atoms with Crippen LogP contribution in [0.1, 0.15) is 31.7 Å². The zero-order chi connectivity index (χ0) is 9.26. The van der Waals surface area contributed by atoms with E-state index in [9.17, 15) is 0 Å². The third kappa shape index (κ3) is 1.32. The van der Waals surface area contributed by atoms with Crippen LogP contribution >= 0.6 is 0 Å². The fourth-order valence-corrected chi connectivity index (χ4v) is 1.53. The van der Waals surface area contributed by atoms with Crippen LogP contribution in [0.15, 0.2) is 29.1 Å². The Kier molecular flexibility index (Phi) is 2.05. The largest absolute Gasteiger partial charge is 0.463 e. The van der Waals surface area contributed by atoms with Crippen molar-refractivity contribution in [3.8, 4) is 0 Å². The molecule has 2 rings (SSSR count). The topological polar surface area (TPSA) is 26.0 Å². The maximum atomic E-state index is 5.29. The molecular formula is C11H13NO. The number of hydrogen-bond acceptors (Lipinski definition) is 2. The second-order valence-electron chi connectivity index (χ2n) is 3.37. The fraction of sp³-hybridized carbons (Fsp3) is 0.364. The minimum absolute atomic E-state index is 0.550. The molecule has 0 fully saturated rings. The molecule has 2 aromatic rings. The van der Waals surface area contributed by atoms with Gasteiger partial charge in [-0.15, -0.1) is 0 Å². The van der Waals surface area contributed by atoms with Gasteiger partial charge in [0.05, 0.1) is 12.5 Å². The van der Waals surface area contributed by atoms with Gasteiger partial charge in [0, 0.05) is 11.6 Å². The zero-order valence-electron chi connectivity index (χ0n) is 7.95. The third-order valence-electron chi connectivity index (χ3n) is 2.55. The number of fused-ring (bicyclic) bond motifs is 1. The third-order valence-corrected chi connectivity index (χ3v) is 2.55. The van der Waals surface area contributed by atoms with Crippen molar-refractivity contribution in [3.63, 3.8) is 0 Å². The van der Waals surface area contributed by atoms with Crippen molar-refractivity contribution in [1.82, 2.24) is 4.98 Å². The molecule has 0 saturated heterocycles. The SMILES string of the molecule is CCC(C)c1cncc2occc12. The molecule has 2 heteroatoms. The van der Waals surface area contributed by atoms with Crippen LogP contribution in [0.5, 0.6) is 0 Å². The summed E-state index contributed by atoms with van der Waals surface area (Å²) < 4.78 is 5.29. The number of rotatable bonds is 2. The molecule has 0 spiro atoms. The van der Waals surface area contributed by atoms with Gasteiger partial charge >= 0.3 is 0 Å². The fourth-order valence-electron chi connectivity index (χ4n) is 1.53. The van der Waals surface area contributed by atoms with E-state index in [1.807, 2.05) is 12.3 Å². The van der Waals surface area contributed by atoms with Crippen LogP contribution in [0.2, 0.25) is 0 Å². The Hall–Kier alpha value is -1.31. The maximum absolute atomic E-state index is 5.29. The van der Waals surface area contributed by atoms with Crippen molar-refractivity contribution in [2.45, 2.75) is 26.2 Å². The lowest BCUT2D eigenvalue weighted by Crippen LogP contribution is -1.92. The molecule has 1 unspecified atom stereocenters. The van der Waals surface area contributed by atoms with Gasteiger partial charge in [-0.2, -0.15) is 0 Å². The highest BCUT2D eigenvalue weighted by Gasteiger charge is 2.08. The molecule has 0 saturated carbocycles. The quantitative estimate of drug-likeness (QED) is 0.699. The molecule has 0 aromatic carbocycles. The van der Waals surface area contributed by atoms with E-state index in [0.717, 1.165) is 12.0 Å². The molecule has 0 aliphatic rings. The zero-order valence-corrected chi connectivity index (χ0v) is 7.95. The van der Waals surface area contributed by atoms with E-state index < -0.39 is 0 Å². The lowest BCUT2D eigenvalue weighted by atomic mass is 9.98. The first-order chi connectivity index (χ1) is 6.33. The Morgan fingerprint density at radius 3 is 3.08 bits per heavy atom. The van der Waals surface area contributed by atoms with Gasteiger partial charge in [0.25, 0.3) is 0 Å². The number of nitrogens with zero attached hydrogens (tertiary/aromatic N) is 1. The van der Waals surface area contributed by atoms with Gasteiger partial charge < -0.3 is 4.42 Å². The van der Waals surface area contributed by atoms with Crippen molar-refractivity contribution in [3.05, 3.63) is 30.3 Å². The van der Waals surface area contributed by atoms with E-state index in [2.05, 4.69) is 18.8 Å². The molecule has 0 amide bonds. The molecule has 13 heavy (non-hydrogen) atoms. The summed E-state index contributed by atoms with van der Waals surface area (Å²) in [5.41, 5.74) is 2.17. The van der Waals surface area contributed by atoms with E-state index in [1.165, 1.54) is 10.9 Å². The van der Waals surface area contributed by atoms with Crippen LogP contribution in [0.3, 0.4) is 0 Å². The molecule has 0 radical (unpaired) electrons. The van der Waals surface area contributed by atoms with Crippen LogP contribution in [-0.4, -0.2) is 4.98 Å². The Bertz CT molecular complexity index is 405. The number of aromatic nitrogens is 1. The molecule has 68 valence electrons. The van der Waals surface area contributed by atoms with E-state index in [-0.39, 0.29) is 0 Å². The highest BCUT2D eigenvalue weighted by molar-refractivity contribution is 5.80. The molecule has 2 aromatic heterocycles. The summed E-state index contributed by atoms with van der Waals surface area (Å²) in [6.07, 6.45) is 6.55. The summed E-state index contributed by atoms with van der Waals surface area (Å²) in [5, 5.41) is 1.20. The average molecular weight is 175 g/mol. The standard InChI is InChI=1S/C11H13NO/c1-3-8(2)10-6-12-7-11-9(10)4-5-13-11/h4-8H,3H2,1-2H3. The molecule has 0 aliphatic heterocycles. The number of hydrogen-bond donors (Lipinski definition) is 0. The minimum Gasteiger partial charge on any atom is -0.463 e. The van der Waals surface area contributed by atoms with Crippen molar-refractivity contribution in [2.75, 3.05) is 0 Å². The van der Waals surface area contributed by atoms with Gasteiger partial charge in [-0.25, -0.2) is 0 Å². The molecule has 2 heterocycles. The first kappa shape index (κ1) is 8.30. The first-order valence-electron chi connectivity index (χ1n) is 4.64. The van der Waals surface area contributed by atoms with Crippen molar-refractivity contribution in [2.24, 2.45) is 0 Å². The summed E-state index contributed by atoms with van der Waals surface area (Å²) in [7, 11) is 0. The second kappa shape index (κ2) is 3.21. The number of furan rings is 1. The predicted octanol–water partition coefficient (Wildman–Crippen LogP) is 3.34. The predicted molar refractivity (Wildman–Crippen MR) is 52.7 cm³/mol. The Labute approximate surface area is 77.6 Å². The van der Waals surface area contributed by atoms with Crippen LogP contribution in [-0.2, 0) is 0 Å². The van der Waals surface area contributed by atoms with Crippen LogP contribution in [0.4, 0.5) is 0 Å². The molecule has 2 nitrogen and oxygen atoms in total. The van der Waals surface area contributed by atoms with E-state index >= 15 is 0 Å². The van der Waals surface area contributed by atoms with E-state index in [4.69, 9.17) is 4.42 Å². The van der Waals surface area contributed by atoms with Crippen molar-refractivity contribution < 1.29 is 4.42 Å². The molecule has 1 atom stereocenters. The van der Waals surface area contributed by atoms with E-state index in [1.54, 1.807) is 12.5 Å². The van der Waals surface area contributed by atoms with Crippen LogP contribution < -0.4 is 0 Å². The first-order valence-corrected chi connectivity index (χ1v) is 4.64. The smallest absolute Gasteiger partial charge is 0.152 e. The normalized spacial score (nSPS) is 13.4. The van der Waals surface area contributed by atoms with Crippen molar-refractivity contribution in [1.29, 1.82) is 0 Å². The molecule has 0 aliphatic carbocycles. The Morgan fingerprint density at radius 2 is 2.31 bits per heavy atom. The van der Waals surface area contributed by atoms with Gasteiger partial charge in [0.2, 0.25) is 0 Å². The highest BCUT2D eigenvalue weighted by Crippen LogP contribution is 2.26. The monoisotopic (exact) mass is 175 g/mol. The summed E-state index contributed by atoms with van der Waals surface area (Å²) in [4.78, 5) is 4.16. The van der Waals surface area contributed by atoms with Crippen LogP contribution in [0.25, 0.3) is 11.0 Å². The summed E-state index contributed by atoms with van der Waals surface area (Å²) in [6, 6.07) is 2.01.